The maximum absolute atomic E-state index is 11.7. The van der Waals surface area contributed by atoms with Crippen molar-refractivity contribution in [3.05, 3.63) is 47.5 Å². The number of imide groups is 1. The van der Waals surface area contributed by atoms with Gasteiger partial charge in [0.15, 0.2) is 0 Å². The molecule has 1 aromatic rings. The minimum atomic E-state index is -1.02. The fraction of sp³-hybridized carbons (Fsp3) is 0.188. The second-order valence-corrected chi connectivity index (χ2v) is 5.03. The third-order valence-corrected chi connectivity index (χ3v) is 3.36. The molecule has 0 spiro atoms. The van der Waals surface area contributed by atoms with E-state index in [1.807, 2.05) is 0 Å². The summed E-state index contributed by atoms with van der Waals surface area (Å²) >= 11 is 0. The van der Waals surface area contributed by atoms with Crippen LogP contribution in [0, 0.1) is 0 Å². The largest absolute Gasteiger partial charge is 0.478 e. The first-order valence-electron chi connectivity index (χ1n) is 7.09. The average molecular weight is 329 g/mol. The van der Waals surface area contributed by atoms with Crippen LogP contribution in [0.2, 0.25) is 0 Å². The molecule has 0 saturated heterocycles. The van der Waals surface area contributed by atoms with Crippen molar-refractivity contribution in [1.29, 1.82) is 0 Å². The molecule has 0 bridgehead atoms. The summed E-state index contributed by atoms with van der Waals surface area (Å²) in [5, 5.41) is 12.8. The van der Waals surface area contributed by atoms with Crippen LogP contribution in [0.15, 0.2) is 41.5 Å². The van der Waals surface area contributed by atoms with Crippen LogP contribution >= 0.6 is 0 Å². The number of nitrogens with one attached hydrogen (secondary N) is 1. The smallest absolute Gasteiger partial charge is 0.335 e. The number of rotatable bonds is 6. The van der Waals surface area contributed by atoms with Gasteiger partial charge >= 0.3 is 5.97 Å². The van der Waals surface area contributed by atoms with E-state index in [2.05, 4.69) is 10.5 Å². The Bertz CT molecular complexity index is 731. The van der Waals surface area contributed by atoms with Gasteiger partial charge < -0.3 is 5.11 Å². The van der Waals surface area contributed by atoms with E-state index in [0.29, 0.717) is 11.3 Å². The minimum absolute atomic E-state index is 0.0155. The molecule has 0 fully saturated rings. The van der Waals surface area contributed by atoms with Crippen LogP contribution in [0.1, 0.15) is 29.3 Å². The van der Waals surface area contributed by atoms with Gasteiger partial charge in [-0.15, -0.1) is 0 Å². The molecule has 1 aliphatic rings. The monoisotopic (exact) mass is 329 g/mol. The van der Waals surface area contributed by atoms with Gasteiger partial charge in [-0.25, -0.2) is 10.2 Å². The standard InChI is InChI=1S/C16H15N3O5/c1-10(11-2-4-12(5-3-11)16(23)24)17-18-13(20)8-9-19-14(21)6-7-15(19)22/h2-7H,8-9H2,1H3,(H,18,20)(H,23,24)/b17-10+. The van der Waals surface area contributed by atoms with Gasteiger partial charge in [0, 0.05) is 25.1 Å². The number of hydrogen-bond acceptors (Lipinski definition) is 5. The van der Waals surface area contributed by atoms with E-state index < -0.39 is 23.7 Å². The second kappa shape index (κ2) is 7.32. The number of hydrazone groups is 1. The minimum Gasteiger partial charge on any atom is -0.478 e. The Hall–Kier alpha value is -3.29. The van der Waals surface area contributed by atoms with E-state index >= 15 is 0 Å². The lowest BCUT2D eigenvalue weighted by Gasteiger charge is -2.12. The summed E-state index contributed by atoms with van der Waals surface area (Å²) in [7, 11) is 0. The Morgan fingerprint density at radius 1 is 1.08 bits per heavy atom. The maximum atomic E-state index is 11.7. The molecule has 24 heavy (non-hydrogen) atoms. The van der Waals surface area contributed by atoms with Gasteiger partial charge in [0.2, 0.25) is 5.91 Å². The summed E-state index contributed by atoms with van der Waals surface area (Å²) in [5.41, 5.74) is 3.65. The van der Waals surface area contributed by atoms with E-state index in [0.717, 1.165) is 17.1 Å². The predicted octanol–water partition coefficient (Wildman–Crippen LogP) is 0.540. The van der Waals surface area contributed by atoms with Gasteiger partial charge in [-0.05, 0) is 24.6 Å². The number of nitrogens with zero attached hydrogens (tertiary/aromatic N) is 2. The molecule has 1 heterocycles. The van der Waals surface area contributed by atoms with Crippen LogP contribution in [0.3, 0.4) is 0 Å². The van der Waals surface area contributed by atoms with E-state index in [1.165, 1.54) is 12.1 Å². The molecule has 0 radical (unpaired) electrons. The molecule has 0 unspecified atom stereocenters. The Morgan fingerprint density at radius 3 is 2.17 bits per heavy atom. The molecule has 1 aromatic carbocycles. The SMILES string of the molecule is C/C(=N\NC(=O)CCN1C(=O)C=CC1=O)c1ccc(C(=O)O)cc1. The van der Waals surface area contributed by atoms with E-state index in [1.54, 1.807) is 19.1 Å². The topological polar surface area (TPSA) is 116 Å². The van der Waals surface area contributed by atoms with Crippen LogP contribution in [0.5, 0.6) is 0 Å². The van der Waals surface area contributed by atoms with Crippen LogP contribution in [0.25, 0.3) is 0 Å². The van der Waals surface area contributed by atoms with Crippen molar-refractivity contribution >= 4 is 29.4 Å². The van der Waals surface area contributed by atoms with Crippen molar-refractivity contribution < 1.29 is 24.3 Å². The van der Waals surface area contributed by atoms with Crippen LogP contribution in [-0.4, -0.2) is 46.0 Å². The third kappa shape index (κ3) is 4.13. The molecule has 2 rings (SSSR count). The zero-order valence-electron chi connectivity index (χ0n) is 12.9. The van der Waals surface area contributed by atoms with E-state index in [-0.39, 0.29) is 18.5 Å². The molecule has 3 amide bonds. The number of carboxylic acids is 1. The fourth-order valence-electron chi connectivity index (χ4n) is 1.99. The number of amides is 3. The summed E-state index contributed by atoms with van der Waals surface area (Å²) in [4.78, 5) is 46.2. The number of hydrogen-bond donors (Lipinski definition) is 2. The molecular formula is C16H15N3O5. The van der Waals surface area contributed by atoms with Crippen molar-refractivity contribution in [2.45, 2.75) is 13.3 Å². The zero-order valence-corrected chi connectivity index (χ0v) is 12.9. The van der Waals surface area contributed by atoms with Gasteiger partial charge in [0.05, 0.1) is 11.3 Å². The Balaban J connectivity index is 1.87. The molecule has 2 N–H and O–H groups in total. The molecule has 124 valence electrons. The van der Waals surface area contributed by atoms with Crippen molar-refractivity contribution in [2.75, 3.05) is 6.54 Å². The first kappa shape index (κ1) is 17.1. The van der Waals surface area contributed by atoms with Crippen molar-refractivity contribution in [1.82, 2.24) is 10.3 Å². The zero-order chi connectivity index (χ0) is 17.7. The summed E-state index contributed by atoms with van der Waals surface area (Å²) in [6.45, 7) is 1.64. The van der Waals surface area contributed by atoms with Gasteiger partial charge in [0.1, 0.15) is 0 Å². The normalized spacial score (nSPS) is 14.2. The highest BCUT2D eigenvalue weighted by molar-refractivity contribution is 6.13. The summed E-state index contributed by atoms with van der Waals surface area (Å²) < 4.78 is 0. The Morgan fingerprint density at radius 2 is 1.62 bits per heavy atom. The van der Waals surface area contributed by atoms with E-state index in [9.17, 15) is 19.2 Å². The number of benzene rings is 1. The lowest BCUT2D eigenvalue weighted by atomic mass is 10.1. The first-order valence-corrected chi connectivity index (χ1v) is 7.09. The molecule has 8 nitrogen and oxygen atoms in total. The summed E-state index contributed by atoms with van der Waals surface area (Å²) in [6, 6.07) is 6.05. The summed E-state index contributed by atoms with van der Waals surface area (Å²) in [6.07, 6.45) is 2.25. The lowest BCUT2D eigenvalue weighted by Crippen LogP contribution is -2.33. The Labute approximate surface area is 137 Å². The highest BCUT2D eigenvalue weighted by Gasteiger charge is 2.23. The van der Waals surface area contributed by atoms with Crippen LogP contribution in [-0.2, 0) is 14.4 Å². The average Bonchev–Trinajstić information content (AvgIpc) is 2.89. The van der Waals surface area contributed by atoms with Gasteiger partial charge in [0.25, 0.3) is 11.8 Å². The van der Waals surface area contributed by atoms with Gasteiger partial charge in [-0.1, -0.05) is 12.1 Å². The third-order valence-electron chi connectivity index (χ3n) is 3.36. The van der Waals surface area contributed by atoms with Gasteiger partial charge in [-0.3, -0.25) is 19.3 Å². The van der Waals surface area contributed by atoms with Crippen molar-refractivity contribution in [2.24, 2.45) is 5.10 Å². The molecule has 0 atom stereocenters. The molecule has 0 saturated carbocycles. The number of aromatic carboxylic acids is 1. The first-order chi connectivity index (χ1) is 11.4. The molecule has 8 heteroatoms. The lowest BCUT2D eigenvalue weighted by molar-refractivity contribution is -0.137. The number of carbonyl (C=O) groups is 4. The number of carboxylic acid groups (broad SMARTS) is 1. The van der Waals surface area contributed by atoms with Crippen molar-refractivity contribution in [3.8, 4) is 0 Å². The Kier molecular flexibility index (Phi) is 5.20. The predicted molar refractivity (Wildman–Crippen MR) is 84.2 cm³/mol. The highest BCUT2D eigenvalue weighted by atomic mass is 16.4. The molecule has 1 aliphatic heterocycles. The highest BCUT2D eigenvalue weighted by Crippen LogP contribution is 2.06. The fourth-order valence-corrected chi connectivity index (χ4v) is 1.99. The quantitative estimate of drug-likeness (QED) is 0.449. The van der Waals surface area contributed by atoms with Crippen LogP contribution in [0.4, 0.5) is 0 Å². The number of carbonyl (C=O) groups excluding carboxylic acids is 3. The molecule has 0 aliphatic carbocycles. The van der Waals surface area contributed by atoms with E-state index in [4.69, 9.17) is 5.11 Å². The van der Waals surface area contributed by atoms with Gasteiger partial charge in [-0.2, -0.15) is 5.10 Å². The van der Waals surface area contributed by atoms with Crippen molar-refractivity contribution in [3.63, 3.8) is 0 Å². The molecular weight excluding hydrogens is 314 g/mol. The molecule has 0 aromatic heterocycles. The summed E-state index contributed by atoms with van der Waals surface area (Å²) in [5.74, 6) is -2.34. The second-order valence-electron chi connectivity index (χ2n) is 5.03. The maximum Gasteiger partial charge on any atom is 0.335 e. The van der Waals surface area contributed by atoms with Crippen LogP contribution < -0.4 is 5.43 Å².